The summed E-state index contributed by atoms with van der Waals surface area (Å²) in [6, 6.07) is 0. The highest BCUT2D eigenvalue weighted by Crippen LogP contribution is 2.45. The Balaban J connectivity index is 1.64. The largest absolute Gasteiger partial charge is 0.511 e. The van der Waals surface area contributed by atoms with E-state index in [1.807, 2.05) is 6.08 Å². The molecule has 5 heteroatoms. The van der Waals surface area contributed by atoms with Crippen LogP contribution in [0.3, 0.4) is 0 Å². The zero-order valence-electron chi connectivity index (χ0n) is 21.9. The minimum absolute atomic E-state index is 0.276. The number of aliphatic hydroxyl groups excluding tert-OH is 1. The molecule has 0 radical (unpaired) electrons. The van der Waals surface area contributed by atoms with E-state index in [-0.39, 0.29) is 5.92 Å². The molecular weight excluding hydrogens is 444 g/mol. The highest BCUT2D eigenvalue weighted by molar-refractivity contribution is 6.21. The number of hydrogen-bond donors (Lipinski definition) is 2. The van der Waals surface area contributed by atoms with E-state index in [9.17, 15) is 5.11 Å². The van der Waals surface area contributed by atoms with E-state index in [1.54, 1.807) is 0 Å². The lowest BCUT2D eigenvalue weighted by molar-refractivity contribution is 0.400. The first kappa shape index (κ1) is 22.7. The number of nitrogens with zero attached hydrogens (tertiary/aromatic N) is 3. The molecule has 2 atom stereocenters. The summed E-state index contributed by atoms with van der Waals surface area (Å²) in [5.74, 6) is 0.974. The topological polar surface area (TPSA) is 69.3 Å². The molecule has 6 aliphatic rings. The van der Waals surface area contributed by atoms with Gasteiger partial charge >= 0.3 is 0 Å². The summed E-state index contributed by atoms with van der Waals surface area (Å²) < 4.78 is 0. The molecule has 8 bridgehead atoms. The van der Waals surface area contributed by atoms with Crippen LogP contribution in [0.25, 0.3) is 0 Å². The van der Waals surface area contributed by atoms with Crippen molar-refractivity contribution in [2.45, 2.75) is 54.4 Å². The van der Waals surface area contributed by atoms with Crippen LogP contribution in [-0.2, 0) is 0 Å². The molecule has 2 unspecified atom stereocenters. The summed E-state index contributed by atoms with van der Waals surface area (Å²) in [5.41, 5.74) is 15.3. The Bertz CT molecular complexity index is 1520. The molecule has 1 fully saturated rings. The third-order valence-electron chi connectivity index (χ3n) is 8.54. The minimum atomic E-state index is 0.276. The Kier molecular flexibility index (Phi) is 4.98. The number of hydrogen-bond acceptors (Lipinski definition) is 5. The third-order valence-corrected chi connectivity index (χ3v) is 8.54. The lowest BCUT2D eigenvalue weighted by atomic mass is 9.91. The Morgan fingerprint density at radius 1 is 0.972 bits per heavy atom. The number of fused-ring (bicyclic) bond motifs is 5. The molecule has 182 valence electrons. The fourth-order valence-electron chi connectivity index (χ4n) is 6.11. The molecule has 1 saturated heterocycles. The van der Waals surface area contributed by atoms with Crippen molar-refractivity contribution in [3.05, 3.63) is 104 Å². The van der Waals surface area contributed by atoms with Gasteiger partial charge in [0.1, 0.15) is 5.76 Å². The highest BCUT2D eigenvalue weighted by atomic mass is 16.3. The molecule has 0 aromatic rings. The normalized spacial score (nSPS) is 26.9. The van der Waals surface area contributed by atoms with Gasteiger partial charge in [0.15, 0.2) is 0 Å². The number of nitrogens with one attached hydrogen (secondary N) is 1. The van der Waals surface area contributed by atoms with E-state index in [1.165, 1.54) is 11.1 Å². The first-order chi connectivity index (χ1) is 17.2. The predicted octanol–water partition coefficient (Wildman–Crippen LogP) is 6.86. The number of rotatable bonds is 2. The van der Waals surface area contributed by atoms with Gasteiger partial charge in [-0.3, -0.25) is 0 Å². The monoisotopic (exact) mass is 476 g/mol. The van der Waals surface area contributed by atoms with Crippen LogP contribution in [-0.4, -0.2) is 22.2 Å². The van der Waals surface area contributed by atoms with Crippen LogP contribution < -0.4 is 5.32 Å². The van der Waals surface area contributed by atoms with E-state index in [2.05, 4.69) is 71.7 Å². The van der Waals surface area contributed by atoms with Crippen LogP contribution in [0.5, 0.6) is 0 Å². The van der Waals surface area contributed by atoms with Crippen molar-refractivity contribution in [2.24, 2.45) is 26.8 Å². The molecule has 0 aromatic carbocycles. The molecule has 6 rings (SSSR count). The molecule has 0 aromatic heterocycles. The summed E-state index contributed by atoms with van der Waals surface area (Å²) in [6.07, 6.45) is 9.64. The Morgan fingerprint density at radius 3 is 2.42 bits per heavy atom. The lowest BCUT2D eigenvalue weighted by Gasteiger charge is -2.12. The minimum Gasteiger partial charge on any atom is -0.511 e. The van der Waals surface area contributed by atoms with Crippen LogP contribution >= 0.6 is 0 Å². The average Bonchev–Trinajstić information content (AvgIpc) is 3.58. The van der Waals surface area contributed by atoms with Crippen LogP contribution in [0.2, 0.25) is 0 Å². The molecule has 2 N–H and O–H groups in total. The lowest BCUT2D eigenvalue weighted by Crippen LogP contribution is -2.13. The zero-order chi connectivity index (χ0) is 25.5. The van der Waals surface area contributed by atoms with Gasteiger partial charge in [0, 0.05) is 46.4 Å². The van der Waals surface area contributed by atoms with Gasteiger partial charge < -0.3 is 10.4 Å². The van der Waals surface area contributed by atoms with Crippen LogP contribution in [0.1, 0.15) is 54.4 Å². The van der Waals surface area contributed by atoms with Crippen molar-refractivity contribution in [1.82, 2.24) is 5.32 Å². The molecule has 0 spiro atoms. The maximum Gasteiger partial charge on any atom is 0.106 e. The summed E-state index contributed by atoms with van der Waals surface area (Å²) in [6.45, 7) is 17.0. The van der Waals surface area contributed by atoms with Gasteiger partial charge in [-0.15, -0.1) is 0 Å². The number of allylic oxidation sites excluding steroid dienone is 12. The standard InChI is InChI=1S/C31H32N4O/c1-8-19-16(5)23-11-22-14(3)15(4)30(34-22)21-10-28(36)29-18(7)25(35-31(21)29)13-27-20(9-2)17(6)24(33-27)12-26(19)32-23/h8,11-15,34,36H,1,9-10H2,2-7H3. The molecule has 0 amide bonds. The molecule has 36 heavy (non-hydrogen) atoms. The number of aliphatic imine (C=N–C) groups is 3. The zero-order valence-corrected chi connectivity index (χ0v) is 21.9. The average molecular weight is 477 g/mol. The molecule has 5 heterocycles. The van der Waals surface area contributed by atoms with Gasteiger partial charge in [-0.2, -0.15) is 0 Å². The van der Waals surface area contributed by atoms with Crippen LogP contribution in [0, 0.1) is 11.8 Å². The van der Waals surface area contributed by atoms with Gasteiger partial charge in [0.2, 0.25) is 0 Å². The van der Waals surface area contributed by atoms with E-state index >= 15 is 0 Å². The fourth-order valence-corrected chi connectivity index (χ4v) is 6.11. The van der Waals surface area contributed by atoms with E-state index < -0.39 is 0 Å². The molecule has 1 aliphatic carbocycles. The third kappa shape index (κ3) is 3.05. The second-order valence-corrected chi connectivity index (χ2v) is 10.4. The molecule has 5 aliphatic heterocycles. The first-order valence-electron chi connectivity index (χ1n) is 12.8. The van der Waals surface area contributed by atoms with E-state index in [0.717, 1.165) is 79.9 Å². The van der Waals surface area contributed by atoms with Gasteiger partial charge in [-0.1, -0.05) is 33.4 Å². The number of aliphatic hydroxyl groups is 1. The quantitative estimate of drug-likeness (QED) is 0.457. The van der Waals surface area contributed by atoms with Gasteiger partial charge in [0.25, 0.3) is 0 Å². The molecule has 0 saturated carbocycles. The Morgan fingerprint density at radius 2 is 1.69 bits per heavy atom. The van der Waals surface area contributed by atoms with Gasteiger partial charge in [-0.05, 0) is 67.7 Å². The molecule has 5 nitrogen and oxygen atoms in total. The van der Waals surface area contributed by atoms with Crippen molar-refractivity contribution in [3.63, 3.8) is 0 Å². The predicted molar refractivity (Wildman–Crippen MR) is 148 cm³/mol. The maximum absolute atomic E-state index is 11.0. The summed E-state index contributed by atoms with van der Waals surface area (Å²) in [7, 11) is 0. The summed E-state index contributed by atoms with van der Waals surface area (Å²) in [4.78, 5) is 15.1. The van der Waals surface area contributed by atoms with Gasteiger partial charge in [-0.25, -0.2) is 15.0 Å². The van der Waals surface area contributed by atoms with E-state index in [0.29, 0.717) is 18.1 Å². The SMILES string of the molecule is C=CC1=C(C)C2=NC1=CC1=NC(=CC3=C(C)C4=C(O)CC(=C5NC(=C2)C(C)C5C)C4=N3)C(CC)=C1C. The van der Waals surface area contributed by atoms with Crippen LogP contribution in [0.15, 0.2) is 119 Å². The smallest absolute Gasteiger partial charge is 0.106 e. The van der Waals surface area contributed by atoms with E-state index in [4.69, 9.17) is 15.0 Å². The Labute approximate surface area is 212 Å². The van der Waals surface area contributed by atoms with Crippen molar-refractivity contribution in [2.75, 3.05) is 0 Å². The van der Waals surface area contributed by atoms with Gasteiger partial charge in [0.05, 0.1) is 34.2 Å². The second kappa shape index (κ2) is 7.89. The summed E-state index contributed by atoms with van der Waals surface area (Å²) >= 11 is 0. The summed E-state index contributed by atoms with van der Waals surface area (Å²) in [5, 5.41) is 14.7. The Hall–Kier alpha value is -3.73. The first-order valence-corrected chi connectivity index (χ1v) is 12.8. The van der Waals surface area contributed by atoms with Crippen LogP contribution in [0.4, 0.5) is 0 Å². The highest BCUT2D eigenvalue weighted by Gasteiger charge is 2.39. The maximum atomic E-state index is 11.0. The van der Waals surface area contributed by atoms with Crippen molar-refractivity contribution >= 4 is 17.1 Å². The van der Waals surface area contributed by atoms with Crippen molar-refractivity contribution in [1.29, 1.82) is 0 Å². The second-order valence-electron chi connectivity index (χ2n) is 10.4. The fraction of sp³-hybridized carbons (Fsp3) is 0.323. The van der Waals surface area contributed by atoms with Crippen molar-refractivity contribution in [3.8, 4) is 0 Å². The molecular formula is C31H32N4O. The van der Waals surface area contributed by atoms with Crippen molar-refractivity contribution < 1.29 is 5.11 Å².